The van der Waals surface area contributed by atoms with Crippen molar-refractivity contribution in [1.82, 2.24) is 14.8 Å². The fourth-order valence-electron chi connectivity index (χ4n) is 2.31. The first-order valence-corrected chi connectivity index (χ1v) is 8.83. The zero-order valence-corrected chi connectivity index (χ0v) is 14.9. The molecule has 1 aromatic heterocycles. The second-order valence-corrected chi connectivity index (χ2v) is 6.29. The molecule has 1 N–H and O–H groups in total. The smallest absolute Gasteiger partial charge is 0.234 e. The van der Waals surface area contributed by atoms with Crippen LogP contribution in [0.1, 0.15) is 5.82 Å². The molecule has 0 saturated carbocycles. The molecule has 8 heteroatoms. The number of ether oxygens (including phenoxy) is 1. The number of para-hydroxylation sites is 1. The van der Waals surface area contributed by atoms with E-state index in [0.717, 1.165) is 5.69 Å². The van der Waals surface area contributed by atoms with Crippen LogP contribution in [-0.4, -0.2) is 33.5 Å². The minimum atomic E-state index is -0.348. The van der Waals surface area contributed by atoms with Crippen LogP contribution >= 0.6 is 11.8 Å². The molecule has 0 spiro atoms. The molecule has 2 aromatic carbocycles. The van der Waals surface area contributed by atoms with Crippen molar-refractivity contribution in [2.24, 2.45) is 0 Å². The van der Waals surface area contributed by atoms with E-state index < -0.39 is 0 Å². The van der Waals surface area contributed by atoms with E-state index in [0.29, 0.717) is 23.3 Å². The van der Waals surface area contributed by atoms with Crippen LogP contribution in [0, 0.1) is 5.82 Å². The number of nitrogens with one attached hydrogen (secondary N) is 1. The Morgan fingerprint density at radius 2 is 1.88 bits per heavy atom. The molecule has 1 heterocycles. The Morgan fingerprint density at radius 1 is 1.15 bits per heavy atom. The number of amides is 1. The molecule has 1 amide bonds. The summed E-state index contributed by atoms with van der Waals surface area (Å²) in [5, 5.41) is 11.6. The van der Waals surface area contributed by atoms with Crippen molar-refractivity contribution in [1.29, 1.82) is 0 Å². The Balaban J connectivity index is 1.71. The summed E-state index contributed by atoms with van der Waals surface area (Å²) < 4.78 is 20.0. The average molecular weight is 372 g/mol. The molecule has 26 heavy (non-hydrogen) atoms. The molecular formula is C18H17FN4O2S. The third-order valence-electron chi connectivity index (χ3n) is 3.45. The minimum absolute atomic E-state index is 0.148. The normalized spacial score (nSPS) is 10.7. The summed E-state index contributed by atoms with van der Waals surface area (Å²) in [5.74, 6) is 0.242. The second kappa shape index (κ2) is 8.59. The Kier molecular flexibility index (Phi) is 5.98. The van der Waals surface area contributed by atoms with E-state index >= 15 is 0 Å². The van der Waals surface area contributed by atoms with Crippen LogP contribution in [-0.2, 0) is 16.1 Å². The summed E-state index contributed by atoms with van der Waals surface area (Å²) in [6.07, 6.45) is 0. The van der Waals surface area contributed by atoms with Crippen LogP contribution in [0.25, 0.3) is 5.69 Å². The van der Waals surface area contributed by atoms with Crippen molar-refractivity contribution in [2.45, 2.75) is 11.8 Å². The van der Waals surface area contributed by atoms with E-state index in [2.05, 4.69) is 15.5 Å². The Labute approximate surface area is 154 Å². The van der Waals surface area contributed by atoms with Gasteiger partial charge < -0.3 is 10.1 Å². The first-order valence-electron chi connectivity index (χ1n) is 7.84. The topological polar surface area (TPSA) is 69.0 Å². The highest BCUT2D eigenvalue weighted by Gasteiger charge is 2.15. The Morgan fingerprint density at radius 3 is 2.58 bits per heavy atom. The highest BCUT2D eigenvalue weighted by atomic mass is 32.2. The average Bonchev–Trinajstić information content (AvgIpc) is 3.06. The summed E-state index contributed by atoms with van der Waals surface area (Å²) in [6.45, 7) is 0.310. The van der Waals surface area contributed by atoms with E-state index in [1.807, 2.05) is 34.9 Å². The molecule has 6 nitrogen and oxygen atoms in total. The first kappa shape index (κ1) is 18.1. The van der Waals surface area contributed by atoms with Gasteiger partial charge >= 0.3 is 0 Å². The van der Waals surface area contributed by atoms with Crippen molar-refractivity contribution in [3.63, 3.8) is 0 Å². The van der Waals surface area contributed by atoms with E-state index in [1.54, 1.807) is 7.11 Å². The zero-order valence-electron chi connectivity index (χ0n) is 14.1. The van der Waals surface area contributed by atoms with E-state index in [4.69, 9.17) is 4.74 Å². The third-order valence-corrected chi connectivity index (χ3v) is 4.38. The van der Waals surface area contributed by atoms with Crippen LogP contribution in [0.5, 0.6) is 0 Å². The zero-order chi connectivity index (χ0) is 18.4. The molecule has 0 bridgehead atoms. The van der Waals surface area contributed by atoms with Crippen LogP contribution < -0.4 is 5.32 Å². The molecule has 0 radical (unpaired) electrons. The molecule has 0 atom stereocenters. The highest BCUT2D eigenvalue weighted by Crippen LogP contribution is 2.22. The molecule has 0 aliphatic rings. The van der Waals surface area contributed by atoms with Gasteiger partial charge in [0.15, 0.2) is 11.0 Å². The van der Waals surface area contributed by atoms with Gasteiger partial charge in [0.05, 0.1) is 5.75 Å². The number of rotatable bonds is 7. The van der Waals surface area contributed by atoms with Gasteiger partial charge in [0, 0.05) is 18.5 Å². The lowest BCUT2D eigenvalue weighted by atomic mass is 10.3. The highest BCUT2D eigenvalue weighted by molar-refractivity contribution is 7.99. The van der Waals surface area contributed by atoms with Crippen LogP contribution in [0.15, 0.2) is 59.8 Å². The number of halogens is 1. The number of methoxy groups -OCH3 is 1. The number of anilines is 1. The molecular weight excluding hydrogens is 355 g/mol. The number of hydrogen-bond donors (Lipinski definition) is 1. The van der Waals surface area contributed by atoms with Crippen molar-refractivity contribution in [3.05, 3.63) is 66.2 Å². The predicted molar refractivity (Wildman–Crippen MR) is 97.8 cm³/mol. The van der Waals surface area contributed by atoms with Gasteiger partial charge in [0.1, 0.15) is 12.4 Å². The molecule has 0 saturated heterocycles. The maximum atomic E-state index is 12.9. The molecule has 0 unspecified atom stereocenters. The maximum absolute atomic E-state index is 12.9. The lowest BCUT2D eigenvalue weighted by molar-refractivity contribution is -0.113. The molecule has 0 aliphatic carbocycles. The largest absolute Gasteiger partial charge is 0.377 e. The quantitative estimate of drug-likeness (QED) is 0.645. The Hall–Kier alpha value is -2.71. The lowest BCUT2D eigenvalue weighted by Gasteiger charge is -2.10. The van der Waals surface area contributed by atoms with Gasteiger partial charge in [-0.1, -0.05) is 30.0 Å². The van der Waals surface area contributed by atoms with Gasteiger partial charge in [0.25, 0.3) is 0 Å². The van der Waals surface area contributed by atoms with Crippen molar-refractivity contribution >= 4 is 23.4 Å². The van der Waals surface area contributed by atoms with Gasteiger partial charge in [0.2, 0.25) is 5.91 Å². The number of benzene rings is 2. The Bertz CT molecular complexity index is 869. The summed E-state index contributed by atoms with van der Waals surface area (Å²) >= 11 is 1.27. The minimum Gasteiger partial charge on any atom is -0.377 e. The molecule has 0 aliphatic heterocycles. The van der Waals surface area contributed by atoms with Gasteiger partial charge in [-0.3, -0.25) is 9.36 Å². The maximum Gasteiger partial charge on any atom is 0.234 e. The summed E-state index contributed by atoms with van der Waals surface area (Å²) in [7, 11) is 1.59. The summed E-state index contributed by atoms with van der Waals surface area (Å²) in [4.78, 5) is 12.1. The van der Waals surface area contributed by atoms with Gasteiger partial charge in [-0.25, -0.2) is 4.39 Å². The number of aromatic nitrogens is 3. The monoisotopic (exact) mass is 372 g/mol. The van der Waals surface area contributed by atoms with Crippen LogP contribution in [0.4, 0.5) is 10.1 Å². The van der Waals surface area contributed by atoms with Gasteiger partial charge in [-0.05, 0) is 36.4 Å². The fraction of sp³-hybridized carbons (Fsp3) is 0.167. The molecule has 0 fully saturated rings. The number of hydrogen-bond acceptors (Lipinski definition) is 5. The SMILES string of the molecule is COCc1nnc(SCC(=O)Nc2ccc(F)cc2)n1-c1ccccc1. The number of nitrogens with zero attached hydrogens (tertiary/aromatic N) is 3. The van der Waals surface area contributed by atoms with E-state index in [-0.39, 0.29) is 17.5 Å². The standard InChI is InChI=1S/C18H17FN4O2S/c1-25-11-16-21-22-18(23(16)15-5-3-2-4-6-15)26-12-17(24)20-14-9-7-13(19)8-10-14/h2-10H,11-12H2,1H3,(H,20,24). The third kappa shape index (κ3) is 4.47. The fourth-order valence-corrected chi connectivity index (χ4v) is 3.08. The number of carbonyl (C=O) groups excluding carboxylic acids is 1. The first-order chi connectivity index (χ1) is 12.7. The predicted octanol–water partition coefficient (Wildman–Crippen LogP) is 3.28. The van der Waals surface area contributed by atoms with Crippen molar-refractivity contribution < 1.29 is 13.9 Å². The lowest BCUT2D eigenvalue weighted by Crippen LogP contribution is -2.14. The molecule has 3 rings (SSSR count). The van der Waals surface area contributed by atoms with Crippen molar-refractivity contribution in [3.8, 4) is 5.69 Å². The van der Waals surface area contributed by atoms with Crippen LogP contribution in [0.3, 0.4) is 0 Å². The number of thioether (sulfide) groups is 1. The van der Waals surface area contributed by atoms with Crippen LogP contribution in [0.2, 0.25) is 0 Å². The second-order valence-electron chi connectivity index (χ2n) is 5.35. The summed E-state index contributed by atoms with van der Waals surface area (Å²) in [6, 6.07) is 15.3. The molecule has 3 aromatic rings. The molecule has 134 valence electrons. The van der Waals surface area contributed by atoms with Gasteiger partial charge in [-0.15, -0.1) is 10.2 Å². The van der Waals surface area contributed by atoms with Crippen molar-refractivity contribution in [2.75, 3.05) is 18.2 Å². The van der Waals surface area contributed by atoms with E-state index in [1.165, 1.54) is 36.0 Å². The van der Waals surface area contributed by atoms with E-state index in [9.17, 15) is 9.18 Å². The summed E-state index contributed by atoms with van der Waals surface area (Å²) in [5.41, 5.74) is 1.44. The number of carbonyl (C=O) groups is 1. The van der Waals surface area contributed by atoms with Gasteiger partial charge in [-0.2, -0.15) is 0 Å².